The first-order chi connectivity index (χ1) is 8.34. The number of nitrogens with one attached hydrogen (secondary N) is 1. The number of rotatable bonds is 3. The molecule has 1 atom stereocenters. The second kappa shape index (κ2) is 4.29. The SMILES string of the molecule is CNC(=O)C(C)n1nc(C(F)(F)F)cc1C1CC1. The molecule has 1 heterocycles. The highest BCUT2D eigenvalue weighted by atomic mass is 19.4. The highest BCUT2D eigenvalue weighted by Crippen LogP contribution is 2.42. The van der Waals surface area contributed by atoms with Gasteiger partial charge in [-0.15, -0.1) is 0 Å². The molecular weight excluding hydrogens is 247 g/mol. The predicted octanol–water partition coefficient (Wildman–Crippen LogP) is 2.09. The van der Waals surface area contributed by atoms with Gasteiger partial charge in [0.25, 0.3) is 0 Å². The fourth-order valence-electron chi connectivity index (χ4n) is 1.86. The van der Waals surface area contributed by atoms with E-state index in [9.17, 15) is 18.0 Å². The van der Waals surface area contributed by atoms with Gasteiger partial charge in [0.1, 0.15) is 6.04 Å². The lowest BCUT2D eigenvalue weighted by Gasteiger charge is -2.13. The summed E-state index contributed by atoms with van der Waals surface area (Å²) in [5.74, 6) is -0.255. The molecule has 18 heavy (non-hydrogen) atoms. The van der Waals surface area contributed by atoms with Gasteiger partial charge in [0.05, 0.1) is 0 Å². The fraction of sp³-hybridized carbons (Fsp3) is 0.636. The molecule has 1 aromatic rings. The van der Waals surface area contributed by atoms with Crippen molar-refractivity contribution in [3.63, 3.8) is 0 Å². The van der Waals surface area contributed by atoms with E-state index in [1.807, 2.05) is 0 Å². The van der Waals surface area contributed by atoms with Crippen LogP contribution in [0, 0.1) is 0 Å². The van der Waals surface area contributed by atoms with E-state index in [1.54, 1.807) is 0 Å². The average Bonchev–Trinajstić information content (AvgIpc) is 3.04. The van der Waals surface area contributed by atoms with Crippen LogP contribution < -0.4 is 5.32 Å². The normalized spacial score (nSPS) is 17.6. The van der Waals surface area contributed by atoms with Crippen LogP contribution in [-0.2, 0) is 11.0 Å². The van der Waals surface area contributed by atoms with Crippen LogP contribution in [0.5, 0.6) is 0 Å². The summed E-state index contributed by atoms with van der Waals surface area (Å²) in [5.41, 5.74) is -0.432. The molecular formula is C11H14F3N3O. The summed E-state index contributed by atoms with van der Waals surface area (Å²) in [6, 6.07) is 0.318. The van der Waals surface area contributed by atoms with Crippen molar-refractivity contribution in [1.82, 2.24) is 15.1 Å². The molecule has 0 radical (unpaired) electrons. The molecule has 1 fully saturated rings. The number of alkyl halides is 3. The van der Waals surface area contributed by atoms with Gasteiger partial charge in [-0.1, -0.05) is 0 Å². The Morgan fingerprint density at radius 3 is 2.61 bits per heavy atom. The quantitative estimate of drug-likeness (QED) is 0.905. The van der Waals surface area contributed by atoms with Crippen LogP contribution in [-0.4, -0.2) is 22.7 Å². The van der Waals surface area contributed by atoms with Gasteiger partial charge in [-0.05, 0) is 25.8 Å². The van der Waals surface area contributed by atoms with Gasteiger partial charge in [0.2, 0.25) is 5.91 Å². The molecule has 1 amide bonds. The third kappa shape index (κ3) is 2.34. The van der Waals surface area contributed by atoms with Crippen molar-refractivity contribution in [3.8, 4) is 0 Å². The van der Waals surface area contributed by atoms with E-state index in [0.29, 0.717) is 5.69 Å². The minimum absolute atomic E-state index is 0.0979. The fourth-order valence-corrected chi connectivity index (χ4v) is 1.86. The van der Waals surface area contributed by atoms with Crippen LogP contribution in [0.25, 0.3) is 0 Å². The minimum Gasteiger partial charge on any atom is -0.357 e. The molecule has 0 saturated heterocycles. The zero-order valence-electron chi connectivity index (χ0n) is 10.1. The van der Waals surface area contributed by atoms with E-state index >= 15 is 0 Å². The largest absolute Gasteiger partial charge is 0.435 e. The van der Waals surface area contributed by atoms with Crippen molar-refractivity contribution in [2.45, 2.75) is 37.9 Å². The zero-order chi connectivity index (χ0) is 13.5. The summed E-state index contributed by atoms with van der Waals surface area (Å²) in [6.07, 6.45) is -2.77. The molecule has 4 nitrogen and oxygen atoms in total. The number of halogens is 3. The van der Waals surface area contributed by atoms with Crippen LogP contribution in [0.3, 0.4) is 0 Å². The standard InChI is InChI=1S/C11H14F3N3O/c1-6(10(18)15-2)17-8(7-3-4-7)5-9(16-17)11(12,13)14/h5-7H,3-4H2,1-2H3,(H,15,18). The van der Waals surface area contributed by atoms with Gasteiger partial charge in [-0.3, -0.25) is 9.48 Å². The monoisotopic (exact) mass is 261 g/mol. The van der Waals surface area contributed by atoms with Gasteiger partial charge < -0.3 is 5.32 Å². The highest BCUT2D eigenvalue weighted by Gasteiger charge is 2.39. The molecule has 0 bridgehead atoms. The maximum absolute atomic E-state index is 12.6. The molecule has 0 aliphatic heterocycles. The van der Waals surface area contributed by atoms with E-state index in [4.69, 9.17) is 0 Å². The number of hydrogen-bond acceptors (Lipinski definition) is 2. The predicted molar refractivity (Wildman–Crippen MR) is 58.0 cm³/mol. The second-order valence-corrected chi connectivity index (χ2v) is 4.46. The number of hydrogen-bond donors (Lipinski definition) is 1. The number of nitrogens with zero attached hydrogens (tertiary/aromatic N) is 2. The number of carbonyl (C=O) groups is 1. The Balaban J connectivity index is 2.38. The summed E-state index contributed by atoms with van der Waals surface area (Å²) in [6.45, 7) is 1.54. The molecule has 1 aliphatic rings. The molecule has 1 saturated carbocycles. The van der Waals surface area contributed by atoms with E-state index < -0.39 is 17.9 Å². The Hall–Kier alpha value is -1.53. The van der Waals surface area contributed by atoms with Crippen molar-refractivity contribution in [3.05, 3.63) is 17.5 Å². The molecule has 100 valence electrons. The Labute approximate surface area is 102 Å². The third-order valence-corrected chi connectivity index (χ3v) is 3.04. The van der Waals surface area contributed by atoms with E-state index in [2.05, 4.69) is 10.4 Å². The first kappa shape index (κ1) is 12.9. The Morgan fingerprint density at radius 2 is 2.17 bits per heavy atom. The van der Waals surface area contributed by atoms with Crippen molar-refractivity contribution < 1.29 is 18.0 Å². The lowest BCUT2D eigenvalue weighted by atomic mass is 10.2. The highest BCUT2D eigenvalue weighted by molar-refractivity contribution is 5.79. The van der Waals surface area contributed by atoms with Gasteiger partial charge in [-0.2, -0.15) is 18.3 Å². The maximum Gasteiger partial charge on any atom is 0.435 e. The van der Waals surface area contributed by atoms with Gasteiger partial charge in [0, 0.05) is 18.7 Å². The summed E-state index contributed by atoms with van der Waals surface area (Å²) in [7, 11) is 1.45. The number of aromatic nitrogens is 2. The number of carbonyl (C=O) groups excluding carboxylic acids is 1. The average molecular weight is 261 g/mol. The van der Waals surface area contributed by atoms with Gasteiger partial charge >= 0.3 is 6.18 Å². The molecule has 1 N–H and O–H groups in total. The van der Waals surface area contributed by atoms with Gasteiger partial charge in [0.15, 0.2) is 5.69 Å². The summed E-state index contributed by atoms with van der Waals surface area (Å²) < 4.78 is 39.1. The van der Waals surface area contributed by atoms with Crippen molar-refractivity contribution >= 4 is 5.91 Å². The van der Waals surface area contributed by atoms with Crippen LogP contribution in [0.15, 0.2) is 6.07 Å². The molecule has 0 aromatic carbocycles. The summed E-state index contributed by atoms with van der Waals surface area (Å²) >= 11 is 0. The van der Waals surface area contributed by atoms with E-state index in [0.717, 1.165) is 18.9 Å². The van der Waals surface area contributed by atoms with E-state index in [-0.39, 0.29) is 11.8 Å². The van der Waals surface area contributed by atoms with Gasteiger partial charge in [-0.25, -0.2) is 0 Å². The molecule has 1 aromatic heterocycles. The smallest absolute Gasteiger partial charge is 0.357 e. The molecule has 1 unspecified atom stereocenters. The summed E-state index contributed by atoms with van der Waals surface area (Å²) in [4.78, 5) is 11.5. The first-order valence-corrected chi connectivity index (χ1v) is 5.73. The van der Waals surface area contributed by atoms with Crippen LogP contribution in [0.2, 0.25) is 0 Å². The van der Waals surface area contributed by atoms with Crippen molar-refractivity contribution in [1.29, 1.82) is 0 Å². The summed E-state index contributed by atoms with van der Waals surface area (Å²) in [5, 5.41) is 5.96. The third-order valence-electron chi connectivity index (χ3n) is 3.04. The van der Waals surface area contributed by atoms with Crippen molar-refractivity contribution in [2.24, 2.45) is 0 Å². The molecule has 7 heteroatoms. The minimum atomic E-state index is -4.47. The lowest BCUT2D eigenvalue weighted by Crippen LogP contribution is -2.29. The number of amides is 1. The lowest BCUT2D eigenvalue weighted by molar-refractivity contribution is -0.142. The second-order valence-electron chi connectivity index (χ2n) is 4.46. The number of likely N-dealkylation sites (N-methyl/N-ethyl adjacent to an activating group) is 1. The molecule has 1 aliphatic carbocycles. The van der Waals surface area contributed by atoms with Crippen LogP contribution >= 0.6 is 0 Å². The maximum atomic E-state index is 12.6. The Bertz CT molecular complexity index is 463. The molecule has 2 rings (SSSR count). The topological polar surface area (TPSA) is 46.9 Å². The van der Waals surface area contributed by atoms with Crippen LogP contribution in [0.1, 0.15) is 43.1 Å². The van der Waals surface area contributed by atoms with Crippen LogP contribution in [0.4, 0.5) is 13.2 Å². The van der Waals surface area contributed by atoms with Crippen molar-refractivity contribution in [2.75, 3.05) is 7.05 Å². The zero-order valence-corrected chi connectivity index (χ0v) is 10.1. The Kier molecular flexibility index (Phi) is 3.08. The Morgan fingerprint density at radius 1 is 1.56 bits per heavy atom. The van der Waals surface area contributed by atoms with E-state index in [1.165, 1.54) is 18.7 Å². The first-order valence-electron chi connectivity index (χ1n) is 5.73. The molecule has 0 spiro atoms.